The van der Waals surface area contributed by atoms with Crippen LogP contribution in [-0.2, 0) is 42.1 Å². The van der Waals surface area contributed by atoms with Crippen LogP contribution < -0.4 is 25.3 Å². The Labute approximate surface area is 195 Å². The Kier molecular flexibility index (Phi) is 7.30. The van der Waals surface area contributed by atoms with Gasteiger partial charge >= 0.3 is 0 Å². The van der Waals surface area contributed by atoms with Gasteiger partial charge in [0.2, 0.25) is 5.79 Å². The number of phosphoric acid groups is 3. The van der Waals surface area contributed by atoms with Gasteiger partial charge in [0, 0.05) is 7.11 Å². The fourth-order valence-corrected chi connectivity index (χ4v) is 6.30. The first-order valence-corrected chi connectivity index (χ1v) is 13.4. The molecule has 35 heavy (non-hydrogen) atoms. The quantitative estimate of drug-likeness (QED) is 0.284. The lowest BCUT2D eigenvalue weighted by Crippen LogP contribution is -2.47. The molecule has 3 rings (SSSR count). The van der Waals surface area contributed by atoms with Gasteiger partial charge in [0.05, 0.1) is 26.7 Å². The van der Waals surface area contributed by atoms with E-state index in [9.17, 15) is 43.6 Å². The monoisotopic (exact) mass is 556 g/mol. The number of hydrogen-bond acceptors (Lipinski definition) is 18. The predicted octanol–water partition coefficient (Wildman–Crippen LogP) is -3.39. The summed E-state index contributed by atoms with van der Waals surface area (Å²) < 4.78 is 56.7. The molecule has 6 atom stereocenters. The predicted molar refractivity (Wildman–Crippen MR) is 99.4 cm³/mol. The molecule has 194 valence electrons. The van der Waals surface area contributed by atoms with Crippen LogP contribution in [0.2, 0.25) is 0 Å². The number of nitrogens with two attached hydrogens (primary N) is 1. The second-order valence-corrected chi connectivity index (χ2v) is 11.3. The minimum Gasteiger partial charge on any atom is -0.790 e. The molecule has 0 amide bonds. The van der Waals surface area contributed by atoms with Crippen LogP contribution in [0.3, 0.4) is 0 Å². The first kappa shape index (κ1) is 27.7. The molecule has 3 unspecified atom stereocenters. The van der Waals surface area contributed by atoms with Gasteiger partial charge in [0.1, 0.15) is 29.6 Å². The Hall–Kier alpha value is -1.87. The average Bonchev–Trinajstić information content (AvgIpc) is 3.24. The van der Waals surface area contributed by atoms with Crippen molar-refractivity contribution in [3.63, 3.8) is 0 Å². The van der Waals surface area contributed by atoms with Crippen molar-refractivity contribution in [2.75, 3.05) is 19.5 Å². The molecule has 2 aromatic rings. The number of ether oxygens (including phenoxy) is 2. The van der Waals surface area contributed by atoms with Crippen molar-refractivity contribution in [1.29, 1.82) is 5.26 Å². The topological polar surface area (TPSA) is 303 Å². The van der Waals surface area contributed by atoms with E-state index < -0.39 is 53.5 Å². The first-order chi connectivity index (χ1) is 16.0. The molecule has 19 nitrogen and oxygen atoms in total. The number of hydrogen-bond donors (Lipinski definition) is 2. The number of nitrogens with zero attached hydrogens (tertiary/aromatic N) is 5. The van der Waals surface area contributed by atoms with Crippen LogP contribution in [0.1, 0.15) is 12.6 Å². The van der Waals surface area contributed by atoms with Crippen molar-refractivity contribution in [1.82, 2.24) is 19.6 Å². The van der Waals surface area contributed by atoms with Gasteiger partial charge in [-0.05, 0) is 6.92 Å². The molecule has 0 aromatic carbocycles. The molecule has 3 N–H and O–H groups in total. The zero-order chi connectivity index (χ0) is 26.4. The normalized spacial score (nSPS) is 30.6. The largest absolute Gasteiger partial charge is 0.790 e. The van der Waals surface area contributed by atoms with Crippen LogP contribution in [0.15, 0.2) is 12.5 Å². The maximum atomic E-state index is 11.9. The second-order valence-electron chi connectivity index (χ2n) is 7.06. The fraction of sp³-hybridized carbons (Fsp3) is 0.538. The fourth-order valence-electron chi connectivity index (χ4n) is 3.43. The van der Waals surface area contributed by atoms with Crippen molar-refractivity contribution in [2.45, 2.75) is 24.9 Å². The minimum atomic E-state index is -6.20. The van der Waals surface area contributed by atoms with Gasteiger partial charge in [-0.1, -0.05) is 0 Å². The average molecular weight is 556 g/mol. The highest BCUT2D eigenvalue weighted by Gasteiger charge is 2.67. The Morgan fingerprint density at radius 2 is 1.91 bits per heavy atom. The van der Waals surface area contributed by atoms with Crippen molar-refractivity contribution in [3.8, 4) is 6.07 Å². The van der Waals surface area contributed by atoms with Crippen LogP contribution in [0.4, 0.5) is 5.82 Å². The molecule has 3 heterocycles. The summed E-state index contributed by atoms with van der Waals surface area (Å²) in [6.45, 7) is 0.0443. The molecular formula is C13H15N6O13P3-4. The minimum absolute atomic E-state index is 0.0368. The third-order valence-electron chi connectivity index (χ3n) is 4.93. The number of nitriles is 1. The lowest BCUT2D eigenvalue weighted by Gasteiger charge is -2.37. The van der Waals surface area contributed by atoms with E-state index in [4.69, 9.17) is 15.2 Å². The van der Waals surface area contributed by atoms with E-state index in [-0.39, 0.29) is 17.2 Å². The van der Waals surface area contributed by atoms with Crippen LogP contribution in [-0.4, -0.2) is 50.6 Å². The van der Waals surface area contributed by atoms with Gasteiger partial charge in [-0.3, -0.25) is 13.4 Å². The first-order valence-electron chi connectivity index (χ1n) is 8.99. The number of methoxy groups -OCH3 is 1. The number of imidazole rings is 1. The molecule has 2 aromatic heterocycles. The maximum absolute atomic E-state index is 11.9. The number of aliphatic hydroxyl groups excluding tert-OH is 1. The van der Waals surface area contributed by atoms with Crippen LogP contribution in [0, 0.1) is 16.7 Å². The van der Waals surface area contributed by atoms with E-state index in [2.05, 4.69) is 28.2 Å². The highest BCUT2D eigenvalue weighted by molar-refractivity contribution is 7.64. The van der Waals surface area contributed by atoms with Gasteiger partial charge in [0.25, 0.3) is 15.6 Å². The smallest absolute Gasteiger partial charge is 0.278 e. The van der Waals surface area contributed by atoms with Gasteiger partial charge in [-0.25, -0.2) is 18.8 Å². The Bertz CT molecular complexity index is 1310. The second kappa shape index (κ2) is 9.21. The van der Waals surface area contributed by atoms with Crippen LogP contribution >= 0.6 is 23.5 Å². The summed E-state index contributed by atoms with van der Waals surface area (Å²) in [4.78, 5) is 51.8. The SMILES string of the molecule is CO[C@]1(c2cnc3c(N)ncnn23)O[C@@H](COP(=O)([O-])OP(=O)([O-])OP(=O)([O-])[O-])[C@H](O)C1(C)C#N. The molecular weight excluding hydrogens is 541 g/mol. The number of aliphatic hydroxyl groups is 1. The Morgan fingerprint density at radius 3 is 2.49 bits per heavy atom. The Balaban J connectivity index is 1.90. The number of anilines is 1. The number of rotatable bonds is 9. The number of nitrogen functional groups attached to an aromatic ring is 1. The molecule has 1 aliphatic heterocycles. The van der Waals surface area contributed by atoms with Crippen molar-refractivity contribution >= 4 is 34.9 Å². The summed E-state index contributed by atoms with van der Waals surface area (Å²) in [6, 6.07) is 1.83. The zero-order valence-corrected chi connectivity index (χ0v) is 20.2. The summed E-state index contributed by atoms with van der Waals surface area (Å²) in [7, 11) is -17.2. The van der Waals surface area contributed by atoms with E-state index in [1.807, 2.05) is 6.07 Å². The van der Waals surface area contributed by atoms with Crippen molar-refractivity contribution < 1.29 is 61.0 Å². The standard InChI is InChI=1S/C13H19N6O13P3/c1-12(5-14)9(20)7(4-29-34(24,25)32-35(26,27)31-33(21,22)23)30-13(12,28-2)8-3-16-11-10(15)17-6-18-19(8)11/h3,6-7,9,20H,4H2,1-2H3,(H,24,25)(H,26,27)(H2,15,17,18)(H2,21,22,23)/p-4/t7-,9-,12?,13+/m0/s1. The number of phosphoric ester groups is 1. The van der Waals surface area contributed by atoms with E-state index in [0.717, 1.165) is 24.1 Å². The van der Waals surface area contributed by atoms with Crippen LogP contribution in [0.25, 0.3) is 5.65 Å². The van der Waals surface area contributed by atoms with Gasteiger partial charge < -0.3 is 49.0 Å². The molecule has 0 saturated carbocycles. The molecule has 1 fully saturated rings. The van der Waals surface area contributed by atoms with Gasteiger partial charge in [-0.15, -0.1) is 0 Å². The van der Waals surface area contributed by atoms with Crippen molar-refractivity contribution in [2.24, 2.45) is 5.41 Å². The molecule has 0 bridgehead atoms. The number of fused-ring (bicyclic) bond motifs is 1. The van der Waals surface area contributed by atoms with E-state index >= 15 is 0 Å². The highest BCUT2D eigenvalue weighted by Crippen LogP contribution is 2.61. The molecule has 1 aliphatic rings. The van der Waals surface area contributed by atoms with E-state index in [0.29, 0.717) is 0 Å². The molecule has 0 aliphatic carbocycles. The summed E-state index contributed by atoms with van der Waals surface area (Å²) in [6.07, 6.45) is -1.31. The summed E-state index contributed by atoms with van der Waals surface area (Å²) in [5.74, 6) is -2.21. The third-order valence-corrected chi connectivity index (χ3v) is 8.59. The van der Waals surface area contributed by atoms with E-state index in [1.54, 1.807) is 0 Å². The van der Waals surface area contributed by atoms with Gasteiger partial charge in [0.15, 0.2) is 11.5 Å². The maximum Gasteiger partial charge on any atom is 0.278 e. The van der Waals surface area contributed by atoms with Gasteiger partial charge in [-0.2, -0.15) is 10.4 Å². The zero-order valence-electron chi connectivity index (χ0n) is 17.5. The third kappa shape index (κ3) is 5.17. The summed E-state index contributed by atoms with van der Waals surface area (Å²) >= 11 is 0. The highest BCUT2D eigenvalue weighted by atomic mass is 31.3. The lowest BCUT2D eigenvalue weighted by atomic mass is 9.77. The lowest BCUT2D eigenvalue weighted by molar-refractivity contribution is -0.339. The molecule has 22 heteroatoms. The molecule has 0 radical (unpaired) electrons. The molecule has 0 spiro atoms. The van der Waals surface area contributed by atoms with E-state index in [1.165, 1.54) is 6.92 Å². The van der Waals surface area contributed by atoms with Crippen LogP contribution in [0.5, 0.6) is 0 Å². The summed E-state index contributed by atoms with van der Waals surface area (Å²) in [5, 5.41) is 24.6. The van der Waals surface area contributed by atoms with Crippen molar-refractivity contribution in [3.05, 3.63) is 18.2 Å². The molecule has 1 saturated heterocycles. The summed E-state index contributed by atoms with van der Waals surface area (Å²) in [5.41, 5.74) is 3.74. The number of aromatic nitrogens is 4. The Morgan fingerprint density at radius 1 is 1.26 bits per heavy atom.